The molecule has 0 bridgehead atoms. The van der Waals surface area contributed by atoms with Crippen LogP contribution < -0.4 is 5.73 Å². The lowest BCUT2D eigenvalue weighted by Crippen LogP contribution is -2.27. The number of esters is 1. The third-order valence-corrected chi connectivity index (χ3v) is 0.946. The van der Waals surface area contributed by atoms with E-state index in [4.69, 9.17) is 10.5 Å². The number of carbonyl (C=O) groups is 1. The summed E-state index contributed by atoms with van der Waals surface area (Å²) in [6.07, 6.45) is 1.52. The highest BCUT2D eigenvalue weighted by molar-refractivity contribution is 5.87. The Labute approximate surface area is 67.2 Å². The van der Waals surface area contributed by atoms with Crippen LogP contribution in [0, 0.1) is 0 Å². The van der Waals surface area contributed by atoms with Crippen LogP contribution in [0.3, 0.4) is 0 Å². The number of nitrogens with two attached hydrogens (primary N) is 1. The minimum absolute atomic E-state index is 0.153. The van der Waals surface area contributed by atoms with Crippen LogP contribution in [-0.4, -0.2) is 11.6 Å². The largest absolute Gasteiger partial charge is 0.455 e. The fourth-order valence-corrected chi connectivity index (χ4v) is 0.455. The number of rotatable bonds is 1. The van der Waals surface area contributed by atoms with Crippen LogP contribution in [0.25, 0.3) is 0 Å². The SMILES string of the molecule is C/C=C(/N)C(=O)OC(C)(C)C. The minimum Gasteiger partial charge on any atom is -0.455 e. The Bertz CT molecular complexity index is 177. The summed E-state index contributed by atoms with van der Waals surface area (Å²) in [5.41, 5.74) is 5.00. The summed E-state index contributed by atoms with van der Waals surface area (Å²) in [5.74, 6) is -0.458. The normalized spacial score (nSPS) is 12.9. The molecule has 0 atom stereocenters. The summed E-state index contributed by atoms with van der Waals surface area (Å²) in [4.78, 5) is 11.0. The third kappa shape index (κ3) is 4.42. The summed E-state index contributed by atoms with van der Waals surface area (Å²) < 4.78 is 4.96. The zero-order chi connectivity index (χ0) is 9.07. The van der Waals surface area contributed by atoms with Crippen LogP contribution in [0.2, 0.25) is 0 Å². The first kappa shape index (κ1) is 10.0. The van der Waals surface area contributed by atoms with Gasteiger partial charge in [-0.1, -0.05) is 6.08 Å². The molecule has 0 saturated heterocycles. The van der Waals surface area contributed by atoms with Gasteiger partial charge in [-0.2, -0.15) is 0 Å². The molecule has 0 aromatic carbocycles. The summed E-state index contributed by atoms with van der Waals surface area (Å²) in [6.45, 7) is 7.09. The molecule has 0 amide bonds. The van der Waals surface area contributed by atoms with Crippen LogP contribution in [0.15, 0.2) is 11.8 Å². The van der Waals surface area contributed by atoms with E-state index in [1.807, 2.05) is 0 Å². The van der Waals surface area contributed by atoms with E-state index in [1.165, 1.54) is 6.08 Å². The molecule has 11 heavy (non-hydrogen) atoms. The predicted molar refractivity (Wildman–Crippen MR) is 43.8 cm³/mol. The molecule has 0 spiro atoms. The topological polar surface area (TPSA) is 52.3 Å². The Morgan fingerprint density at radius 1 is 1.45 bits per heavy atom. The molecular weight excluding hydrogens is 142 g/mol. The van der Waals surface area contributed by atoms with E-state index in [-0.39, 0.29) is 5.70 Å². The second-order valence-corrected chi connectivity index (χ2v) is 3.25. The van der Waals surface area contributed by atoms with E-state index in [1.54, 1.807) is 27.7 Å². The molecule has 0 fully saturated rings. The Morgan fingerprint density at radius 2 is 1.91 bits per heavy atom. The fourth-order valence-electron chi connectivity index (χ4n) is 0.455. The van der Waals surface area contributed by atoms with Gasteiger partial charge in [-0.15, -0.1) is 0 Å². The number of hydrogen-bond acceptors (Lipinski definition) is 3. The molecule has 0 unspecified atom stereocenters. The van der Waals surface area contributed by atoms with Crippen molar-refractivity contribution < 1.29 is 9.53 Å². The molecule has 0 aliphatic rings. The van der Waals surface area contributed by atoms with Crippen LogP contribution in [0.4, 0.5) is 0 Å². The van der Waals surface area contributed by atoms with Gasteiger partial charge in [0.25, 0.3) is 0 Å². The molecule has 3 nitrogen and oxygen atoms in total. The van der Waals surface area contributed by atoms with Crippen molar-refractivity contribution in [2.75, 3.05) is 0 Å². The van der Waals surface area contributed by atoms with Gasteiger partial charge in [-0.05, 0) is 27.7 Å². The average Bonchev–Trinajstić information content (AvgIpc) is 1.82. The van der Waals surface area contributed by atoms with Crippen LogP contribution in [0.1, 0.15) is 27.7 Å². The van der Waals surface area contributed by atoms with Gasteiger partial charge >= 0.3 is 5.97 Å². The monoisotopic (exact) mass is 157 g/mol. The first-order valence-electron chi connectivity index (χ1n) is 3.52. The Kier molecular flexibility index (Phi) is 3.11. The smallest absolute Gasteiger partial charge is 0.354 e. The van der Waals surface area contributed by atoms with Crippen molar-refractivity contribution in [3.63, 3.8) is 0 Å². The van der Waals surface area contributed by atoms with Gasteiger partial charge in [0, 0.05) is 0 Å². The Morgan fingerprint density at radius 3 is 2.18 bits per heavy atom. The Hall–Kier alpha value is -0.990. The van der Waals surface area contributed by atoms with E-state index in [9.17, 15) is 4.79 Å². The predicted octanol–water partition coefficient (Wildman–Crippen LogP) is 1.19. The average molecular weight is 157 g/mol. The highest BCUT2D eigenvalue weighted by Crippen LogP contribution is 2.08. The van der Waals surface area contributed by atoms with Gasteiger partial charge in [-0.3, -0.25) is 0 Å². The minimum atomic E-state index is -0.468. The van der Waals surface area contributed by atoms with E-state index >= 15 is 0 Å². The summed E-state index contributed by atoms with van der Waals surface area (Å²) >= 11 is 0. The molecule has 64 valence electrons. The van der Waals surface area contributed by atoms with Crippen molar-refractivity contribution in [1.29, 1.82) is 0 Å². The van der Waals surface area contributed by atoms with Gasteiger partial charge in [0.05, 0.1) is 0 Å². The maximum absolute atomic E-state index is 11.0. The second-order valence-electron chi connectivity index (χ2n) is 3.25. The molecule has 0 saturated carbocycles. The number of ether oxygens (including phenoxy) is 1. The zero-order valence-corrected chi connectivity index (χ0v) is 7.47. The van der Waals surface area contributed by atoms with Gasteiger partial charge < -0.3 is 10.5 Å². The van der Waals surface area contributed by atoms with Crippen LogP contribution in [0.5, 0.6) is 0 Å². The summed E-state index contributed by atoms with van der Waals surface area (Å²) in [5, 5.41) is 0. The van der Waals surface area contributed by atoms with Gasteiger partial charge in [0.2, 0.25) is 0 Å². The van der Waals surface area contributed by atoms with E-state index in [0.29, 0.717) is 0 Å². The summed E-state index contributed by atoms with van der Waals surface area (Å²) in [6, 6.07) is 0. The van der Waals surface area contributed by atoms with Crippen molar-refractivity contribution in [3.8, 4) is 0 Å². The highest BCUT2D eigenvalue weighted by atomic mass is 16.6. The number of allylic oxidation sites excluding steroid dienone is 1. The van der Waals surface area contributed by atoms with Crippen LogP contribution in [-0.2, 0) is 9.53 Å². The van der Waals surface area contributed by atoms with Crippen molar-refractivity contribution in [2.24, 2.45) is 5.73 Å². The molecule has 0 aromatic heterocycles. The third-order valence-electron chi connectivity index (χ3n) is 0.946. The molecule has 0 aromatic rings. The molecule has 0 radical (unpaired) electrons. The van der Waals surface area contributed by atoms with E-state index in [2.05, 4.69) is 0 Å². The van der Waals surface area contributed by atoms with Gasteiger partial charge in [0.15, 0.2) is 0 Å². The van der Waals surface area contributed by atoms with Crippen molar-refractivity contribution >= 4 is 5.97 Å². The quantitative estimate of drug-likeness (QED) is 0.459. The Balaban J connectivity index is 4.10. The van der Waals surface area contributed by atoms with Crippen molar-refractivity contribution in [2.45, 2.75) is 33.3 Å². The van der Waals surface area contributed by atoms with E-state index in [0.717, 1.165) is 0 Å². The molecule has 2 N–H and O–H groups in total. The van der Waals surface area contributed by atoms with Gasteiger partial charge in [0.1, 0.15) is 11.3 Å². The standard InChI is InChI=1S/C8H15NO2/c1-5-6(9)7(10)11-8(2,3)4/h5H,9H2,1-4H3/b6-5+. The molecule has 0 heterocycles. The lowest BCUT2D eigenvalue weighted by molar-refractivity contribution is -0.149. The van der Waals surface area contributed by atoms with Crippen molar-refractivity contribution in [3.05, 3.63) is 11.8 Å². The van der Waals surface area contributed by atoms with Crippen molar-refractivity contribution in [1.82, 2.24) is 0 Å². The first-order valence-corrected chi connectivity index (χ1v) is 3.52. The number of carbonyl (C=O) groups excluding carboxylic acids is 1. The van der Waals surface area contributed by atoms with E-state index < -0.39 is 11.6 Å². The molecular formula is C8H15NO2. The maximum Gasteiger partial charge on any atom is 0.354 e. The molecule has 0 rings (SSSR count). The zero-order valence-electron chi connectivity index (χ0n) is 7.47. The molecule has 0 aliphatic carbocycles. The summed E-state index contributed by atoms with van der Waals surface area (Å²) in [7, 11) is 0. The first-order chi connectivity index (χ1) is 4.87. The second kappa shape index (κ2) is 3.42. The molecule has 3 heteroatoms. The number of hydrogen-bond donors (Lipinski definition) is 1. The van der Waals surface area contributed by atoms with Crippen LogP contribution >= 0.6 is 0 Å². The maximum atomic E-state index is 11.0. The highest BCUT2D eigenvalue weighted by Gasteiger charge is 2.17. The lowest BCUT2D eigenvalue weighted by atomic mass is 10.2. The molecule has 0 aliphatic heterocycles. The fraction of sp³-hybridized carbons (Fsp3) is 0.625. The van der Waals surface area contributed by atoms with Gasteiger partial charge in [-0.25, -0.2) is 4.79 Å². The lowest BCUT2D eigenvalue weighted by Gasteiger charge is -2.19.